The number of carbonyl (C=O) groups excluding carboxylic acids is 1. The van der Waals surface area contributed by atoms with Crippen molar-refractivity contribution in [2.75, 3.05) is 6.54 Å². The minimum absolute atomic E-state index is 0.0930. The maximum Gasteiger partial charge on any atom is 0.318 e. The predicted molar refractivity (Wildman–Crippen MR) is 37.0 cm³/mol. The third kappa shape index (κ3) is 7.48. The number of hydrogen-bond donors (Lipinski definition) is 3. The third-order valence-electron chi connectivity index (χ3n) is 0.856. The fraction of sp³-hybridized carbons (Fsp3) is 0.750. The van der Waals surface area contributed by atoms with Gasteiger partial charge in [-0.05, 0) is 0 Å². The van der Waals surface area contributed by atoms with E-state index in [1.54, 1.807) is 0 Å². The number of aliphatic hydroxyl groups excluding tert-OH is 1. The second kappa shape index (κ2) is 6.30. The van der Waals surface area contributed by atoms with Gasteiger partial charge in [0.1, 0.15) is 0 Å². The van der Waals surface area contributed by atoms with Crippen molar-refractivity contribution in [2.45, 2.75) is 12.7 Å². The van der Waals surface area contributed by atoms with Crippen LogP contribution in [0.5, 0.6) is 0 Å². The Morgan fingerprint density at radius 3 is 2.82 bits per heavy atom. The van der Waals surface area contributed by atoms with E-state index in [9.17, 15) is 9.36 Å². The van der Waals surface area contributed by atoms with Crippen molar-refractivity contribution in [2.24, 2.45) is 0 Å². The van der Waals surface area contributed by atoms with Crippen LogP contribution in [0.1, 0.15) is 6.42 Å². The fourth-order valence-electron chi connectivity index (χ4n) is 0.441. The summed E-state index contributed by atoms with van der Waals surface area (Å²) in [6, 6.07) is 0. The Labute approximate surface area is 64.1 Å². The molecule has 0 heterocycles. The van der Waals surface area contributed by atoms with E-state index in [0.29, 0.717) is 6.41 Å². The molecular formula is C4H10NO5P. The Bertz CT molecular complexity index is 140. The van der Waals surface area contributed by atoms with Gasteiger partial charge in [0.2, 0.25) is 6.41 Å². The summed E-state index contributed by atoms with van der Waals surface area (Å²) in [5.74, 6) is 0. The quantitative estimate of drug-likeness (QED) is 0.209. The Hall–Kier alpha value is -0.420. The zero-order valence-corrected chi connectivity index (χ0v) is 6.69. The highest BCUT2D eigenvalue weighted by atomic mass is 31.1. The van der Waals surface area contributed by atoms with E-state index in [0.717, 1.165) is 0 Å². The minimum Gasteiger partial charge on any atom is -0.367 e. The number of hydrogen-bond acceptors (Lipinski definition) is 4. The van der Waals surface area contributed by atoms with Crippen molar-refractivity contribution in [1.29, 1.82) is 0 Å². The van der Waals surface area contributed by atoms with Crippen molar-refractivity contribution in [3.8, 4) is 0 Å². The molecule has 11 heavy (non-hydrogen) atoms. The normalized spacial score (nSPS) is 15.5. The summed E-state index contributed by atoms with van der Waals surface area (Å²) in [6.45, 7) is 0.208. The van der Waals surface area contributed by atoms with Crippen LogP contribution >= 0.6 is 8.25 Å². The van der Waals surface area contributed by atoms with Crippen LogP contribution in [0, 0.1) is 0 Å². The molecule has 0 spiro atoms. The summed E-state index contributed by atoms with van der Waals surface area (Å²) in [5, 5.41) is 11.0. The van der Waals surface area contributed by atoms with Gasteiger partial charge in [-0.25, -0.2) is 0 Å². The number of aliphatic hydroxyl groups is 1. The van der Waals surface area contributed by atoms with E-state index in [1.807, 2.05) is 0 Å². The smallest absolute Gasteiger partial charge is 0.318 e. The summed E-state index contributed by atoms with van der Waals surface area (Å²) in [6.07, 6.45) is -0.733. The maximum atomic E-state index is 9.96. The van der Waals surface area contributed by atoms with E-state index >= 15 is 0 Å². The molecular weight excluding hydrogens is 173 g/mol. The minimum atomic E-state index is -3.09. The molecule has 0 rings (SSSR count). The topological polar surface area (TPSA) is 95.9 Å². The highest BCUT2D eigenvalue weighted by Crippen LogP contribution is 2.17. The molecule has 0 aromatic heterocycles. The fourth-order valence-corrected chi connectivity index (χ4v) is 0.792. The zero-order chi connectivity index (χ0) is 8.69. The number of rotatable bonds is 6. The molecule has 0 aliphatic rings. The molecule has 7 heteroatoms. The van der Waals surface area contributed by atoms with Gasteiger partial charge in [0.15, 0.2) is 6.29 Å². The molecule has 0 aliphatic carbocycles. The van der Waals surface area contributed by atoms with Crippen LogP contribution in [0.3, 0.4) is 0 Å². The second-order valence-corrected chi connectivity index (χ2v) is 2.47. The molecule has 0 aromatic rings. The third-order valence-corrected chi connectivity index (χ3v) is 1.33. The standard InChI is InChI=1S/C4H10NO5P/c6-3-5-2-1-4(7)10-11(8)9/h3-4,7,11H,1-2H2,(H,5,6)(H,8,9). The molecule has 2 unspecified atom stereocenters. The predicted octanol–water partition coefficient (Wildman–Crippen LogP) is -1.16. The Morgan fingerprint density at radius 1 is 1.73 bits per heavy atom. The molecule has 1 amide bonds. The van der Waals surface area contributed by atoms with Gasteiger partial charge in [-0.3, -0.25) is 13.9 Å². The van der Waals surface area contributed by atoms with Gasteiger partial charge in [-0.1, -0.05) is 0 Å². The summed E-state index contributed by atoms with van der Waals surface area (Å²) < 4.78 is 14.1. The van der Waals surface area contributed by atoms with Gasteiger partial charge < -0.3 is 15.3 Å². The summed E-state index contributed by atoms with van der Waals surface area (Å²) in [4.78, 5) is 17.8. The lowest BCUT2D eigenvalue weighted by Crippen LogP contribution is -2.19. The first-order valence-corrected chi connectivity index (χ1v) is 4.18. The van der Waals surface area contributed by atoms with E-state index in [2.05, 4.69) is 9.84 Å². The van der Waals surface area contributed by atoms with E-state index in [-0.39, 0.29) is 13.0 Å². The van der Waals surface area contributed by atoms with Crippen LogP contribution in [-0.4, -0.2) is 29.2 Å². The summed E-state index contributed by atoms with van der Waals surface area (Å²) >= 11 is 0. The van der Waals surface area contributed by atoms with Gasteiger partial charge in [-0.2, -0.15) is 0 Å². The van der Waals surface area contributed by atoms with Gasteiger partial charge in [0.25, 0.3) is 0 Å². The lowest BCUT2D eigenvalue weighted by molar-refractivity contribution is -0.109. The van der Waals surface area contributed by atoms with Crippen molar-refractivity contribution in [3.63, 3.8) is 0 Å². The Kier molecular flexibility index (Phi) is 6.06. The molecule has 0 aliphatic heterocycles. The molecule has 2 atom stereocenters. The maximum absolute atomic E-state index is 9.96. The number of amides is 1. The SMILES string of the molecule is O=CNCCC(O)O[PH](=O)O. The van der Waals surface area contributed by atoms with Crippen LogP contribution in [0.25, 0.3) is 0 Å². The average Bonchev–Trinajstić information content (AvgIpc) is 1.86. The molecule has 0 bridgehead atoms. The Morgan fingerprint density at radius 2 is 2.36 bits per heavy atom. The van der Waals surface area contributed by atoms with Crippen molar-refractivity contribution < 1.29 is 23.9 Å². The van der Waals surface area contributed by atoms with Crippen molar-refractivity contribution in [1.82, 2.24) is 5.32 Å². The van der Waals surface area contributed by atoms with Gasteiger partial charge in [0.05, 0.1) is 0 Å². The monoisotopic (exact) mass is 183 g/mol. The molecule has 0 saturated carbocycles. The summed E-state index contributed by atoms with van der Waals surface area (Å²) in [7, 11) is -3.09. The lowest BCUT2D eigenvalue weighted by atomic mass is 10.4. The molecule has 66 valence electrons. The number of carbonyl (C=O) groups is 1. The van der Waals surface area contributed by atoms with Crippen LogP contribution in [0.2, 0.25) is 0 Å². The summed E-state index contributed by atoms with van der Waals surface area (Å²) in [5.41, 5.74) is 0. The van der Waals surface area contributed by atoms with Crippen molar-refractivity contribution in [3.05, 3.63) is 0 Å². The van der Waals surface area contributed by atoms with E-state index in [4.69, 9.17) is 10.00 Å². The van der Waals surface area contributed by atoms with E-state index in [1.165, 1.54) is 0 Å². The Balaban J connectivity index is 3.28. The lowest BCUT2D eigenvalue weighted by Gasteiger charge is -2.07. The molecule has 0 radical (unpaired) electrons. The van der Waals surface area contributed by atoms with Crippen LogP contribution in [0.15, 0.2) is 0 Å². The number of nitrogens with one attached hydrogen (secondary N) is 1. The average molecular weight is 183 g/mol. The molecule has 0 aromatic carbocycles. The zero-order valence-electron chi connectivity index (χ0n) is 5.69. The highest BCUT2D eigenvalue weighted by molar-refractivity contribution is 7.32. The molecule has 3 N–H and O–H groups in total. The van der Waals surface area contributed by atoms with Gasteiger partial charge in [0, 0.05) is 13.0 Å². The second-order valence-electron chi connectivity index (χ2n) is 1.70. The van der Waals surface area contributed by atoms with Gasteiger partial charge >= 0.3 is 8.25 Å². The van der Waals surface area contributed by atoms with Crippen LogP contribution < -0.4 is 5.32 Å². The van der Waals surface area contributed by atoms with Crippen LogP contribution in [-0.2, 0) is 13.9 Å². The molecule has 0 fully saturated rings. The first kappa shape index (κ1) is 10.6. The molecule has 6 nitrogen and oxygen atoms in total. The highest BCUT2D eigenvalue weighted by Gasteiger charge is 2.05. The molecule has 0 saturated heterocycles. The van der Waals surface area contributed by atoms with Gasteiger partial charge in [-0.15, -0.1) is 0 Å². The largest absolute Gasteiger partial charge is 0.367 e. The first-order valence-electron chi connectivity index (χ1n) is 2.91. The van der Waals surface area contributed by atoms with E-state index < -0.39 is 14.5 Å². The van der Waals surface area contributed by atoms with Crippen molar-refractivity contribution >= 4 is 14.7 Å². The first-order chi connectivity index (χ1) is 5.16. The van der Waals surface area contributed by atoms with Crippen LogP contribution in [0.4, 0.5) is 0 Å².